The minimum absolute atomic E-state index is 0.0158. The second-order valence-electron chi connectivity index (χ2n) is 4.80. The fraction of sp³-hybridized carbons (Fsp3) is 0.692. The van der Waals surface area contributed by atoms with Crippen LogP contribution in [0.3, 0.4) is 0 Å². The molecule has 1 saturated heterocycles. The summed E-state index contributed by atoms with van der Waals surface area (Å²) in [7, 11) is 0. The van der Waals surface area contributed by atoms with Crippen LogP contribution < -0.4 is 5.32 Å². The average Bonchev–Trinajstić information content (AvgIpc) is 2.39. The molecule has 5 heteroatoms. The molecule has 4 nitrogen and oxygen atoms in total. The Morgan fingerprint density at radius 2 is 2.22 bits per heavy atom. The van der Waals surface area contributed by atoms with Crippen molar-refractivity contribution in [3.05, 3.63) is 17.5 Å². The molecule has 1 aliphatic rings. The summed E-state index contributed by atoms with van der Waals surface area (Å²) in [5, 5.41) is 3.83. The molecule has 0 saturated carbocycles. The Hall–Kier alpha value is -0.870. The Balaban J connectivity index is 2.01. The largest absolute Gasteiger partial charge is 0.375 e. The van der Waals surface area contributed by atoms with E-state index >= 15 is 0 Å². The maximum atomic E-state index is 5.95. The number of hydrogen-bond donors (Lipinski definition) is 1. The van der Waals surface area contributed by atoms with Gasteiger partial charge in [-0.15, -0.1) is 0 Å². The first-order chi connectivity index (χ1) is 8.67. The van der Waals surface area contributed by atoms with Crippen molar-refractivity contribution in [3.8, 4) is 0 Å². The number of rotatable bonds is 4. The number of ether oxygens (including phenoxy) is 1. The van der Waals surface area contributed by atoms with E-state index in [2.05, 4.69) is 29.1 Å². The van der Waals surface area contributed by atoms with Gasteiger partial charge in [0.1, 0.15) is 11.0 Å². The Bertz CT molecular complexity index is 396. The van der Waals surface area contributed by atoms with E-state index in [1.165, 1.54) is 0 Å². The molecular weight excluding hydrogens is 250 g/mol. The van der Waals surface area contributed by atoms with E-state index in [0.717, 1.165) is 38.1 Å². The van der Waals surface area contributed by atoms with Gasteiger partial charge < -0.3 is 10.1 Å². The summed E-state index contributed by atoms with van der Waals surface area (Å²) in [6.07, 6.45) is 7.34. The van der Waals surface area contributed by atoms with Gasteiger partial charge in [0.2, 0.25) is 0 Å². The molecule has 18 heavy (non-hydrogen) atoms. The van der Waals surface area contributed by atoms with E-state index in [4.69, 9.17) is 16.3 Å². The Kier molecular flexibility index (Phi) is 4.40. The highest BCUT2D eigenvalue weighted by Crippen LogP contribution is 2.32. The molecule has 2 heterocycles. The molecule has 0 aromatic carbocycles. The smallest absolute Gasteiger partial charge is 0.149 e. The van der Waals surface area contributed by atoms with Gasteiger partial charge in [-0.25, -0.2) is 4.98 Å². The third kappa shape index (κ3) is 3.12. The van der Waals surface area contributed by atoms with Gasteiger partial charge in [-0.1, -0.05) is 25.4 Å². The highest BCUT2D eigenvalue weighted by Gasteiger charge is 2.34. The summed E-state index contributed by atoms with van der Waals surface area (Å²) < 4.78 is 5.95. The molecular formula is C13H20ClN3O. The van der Waals surface area contributed by atoms with Crippen LogP contribution in [0.25, 0.3) is 0 Å². The number of aromatic nitrogens is 2. The van der Waals surface area contributed by atoms with Crippen molar-refractivity contribution in [1.29, 1.82) is 0 Å². The summed E-state index contributed by atoms with van der Waals surface area (Å²) in [6, 6.07) is 0.381. The van der Waals surface area contributed by atoms with Crippen LogP contribution in [0.1, 0.15) is 39.5 Å². The van der Waals surface area contributed by atoms with Gasteiger partial charge in [-0.3, -0.25) is 4.98 Å². The first kappa shape index (κ1) is 13.6. The number of hydrogen-bond acceptors (Lipinski definition) is 4. The van der Waals surface area contributed by atoms with Crippen LogP contribution in [-0.2, 0) is 4.74 Å². The molecule has 0 spiro atoms. The minimum Gasteiger partial charge on any atom is -0.375 e. The second-order valence-corrected chi connectivity index (χ2v) is 5.19. The van der Waals surface area contributed by atoms with Crippen LogP contribution in [0.15, 0.2) is 12.4 Å². The molecule has 1 aromatic rings. The van der Waals surface area contributed by atoms with E-state index in [1.807, 2.05) is 0 Å². The van der Waals surface area contributed by atoms with Gasteiger partial charge in [-0.05, 0) is 25.7 Å². The first-order valence-electron chi connectivity index (χ1n) is 6.55. The number of halogens is 1. The molecule has 0 amide bonds. The van der Waals surface area contributed by atoms with Crippen LogP contribution in [-0.4, -0.2) is 28.2 Å². The third-order valence-electron chi connectivity index (χ3n) is 3.74. The van der Waals surface area contributed by atoms with E-state index in [0.29, 0.717) is 11.2 Å². The second kappa shape index (κ2) is 5.85. The van der Waals surface area contributed by atoms with Crippen molar-refractivity contribution < 1.29 is 4.74 Å². The van der Waals surface area contributed by atoms with Crippen molar-refractivity contribution in [1.82, 2.24) is 9.97 Å². The molecule has 1 aliphatic heterocycles. The lowest BCUT2D eigenvalue weighted by molar-refractivity contribution is -0.0864. The number of anilines is 1. The van der Waals surface area contributed by atoms with Crippen LogP contribution in [0.5, 0.6) is 0 Å². The fourth-order valence-corrected chi connectivity index (χ4v) is 2.66. The van der Waals surface area contributed by atoms with Gasteiger partial charge in [0.05, 0.1) is 18.0 Å². The fourth-order valence-electron chi connectivity index (χ4n) is 2.51. The molecule has 1 atom stereocenters. The lowest BCUT2D eigenvalue weighted by atomic mass is 9.86. The molecule has 100 valence electrons. The highest BCUT2D eigenvalue weighted by atomic mass is 35.5. The number of nitrogens with zero attached hydrogens (tertiary/aromatic N) is 2. The monoisotopic (exact) mass is 269 g/mol. The van der Waals surface area contributed by atoms with Crippen LogP contribution in [0, 0.1) is 0 Å². The topological polar surface area (TPSA) is 47.0 Å². The zero-order valence-electron chi connectivity index (χ0n) is 10.9. The van der Waals surface area contributed by atoms with Crippen molar-refractivity contribution in [2.45, 2.75) is 51.2 Å². The van der Waals surface area contributed by atoms with Crippen LogP contribution in [0.2, 0.25) is 5.15 Å². The van der Waals surface area contributed by atoms with E-state index in [-0.39, 0.29) is 5.60 Å². The number of nitrogens with one attached hydrogen (secondary N) is 1. The van der Waals surface area contributed by atoms with Crippen molar-refractivity contribution in [2.24, 2.45) is 0 Å². The molecule has 2 rings (SSSR count). The quantitative estimate of drug-likeness (QED) is 0.911. The lowest BCUT2D eigenvalue weighted by Gasteiger charge is -2.40. The van der Waals surface area contributed by atoms with E-state index in [1.54, 1.807) is 12.4 Å². The zero-order valence-corrected chi connectivity index (χ0v) is 11.7. The van der Waals surface area contributed by atoms with E-state index < -0.39 is 0 Å². The molecule has 1 unspecified atom stereocenters. The van der Waals surface area contributed by atoms with Crippen molar-refractivity contribution >= 4 is 17.4 Å². The normalized spacial score (nSPS) is 22.7. The van der Waals surface area contributed by atoms with Gasteiger partial charge in [0.25, 0.3) is 0 Å². The summed E-state index contributed by atoms with van der Waals surface area (Å²) in [5.41, 5.74) is 0.0158. The molecule has 0 aliphatic carbocycles. The maximum Gasteiger partial charge on any atom is 0.149 e. The summed E-state index contributed by atoms with van der Waals surface area (Å²) in [4.78, 5) is 8.26. The van der Waals surface area contributed by atoms with Crippen LogP contribution in [0.4, 0.5) is 5.82 Å². The Morgan fingerprint density at radius 1 is 1.44 bits per heavy atom. The van der Waals surface area contributed by atoms with Crippen molar-refractivity contribution in [2.75, 3.05) is 11.9 Å². The van der Waals surface area contributed by atoms with Gasteiger partial charge >= 0.3 is 0 Å². The van der Waals surface area contributed by atoms with Gasteiger partial charge in [0.15, 0.2) is 0 Å². The predicted octanol–water partition coefficient (Wildman–Crippen LogP) is 3.28. The average molecular weight is 270 g/mol. The SMILES string of the molecule is CCC1(CC)CC(Nc2cncc(Cl)n2)CCO1. The first-order valence-corrected chi connectivity index (χ1v) is 6.93. The third-order valence-corrected chi connectivity index (χ3v) is 3.92. The molecule has 1 aromatic heterocycles. The maximum absolute atomic E-state index is 5.95. The van der Waals surface area contributed by atoms with E-state index in [9.17, 15) is 0 Å². The Morgan fingerprint density at radius 3 is 2.89 bits per heavy atom. The standard InChI is InChI=1S/C13H20ClN3O/c1-3-13(4-2)7-10(5-6-18-13)16-12-9-15-8-11(14)17-12/h8-10H,3-7H2,1-2H3,(H,16,17). The molecule has 1 fully saturated rings. The van der Waals surface area contributed by atoms with Crippen molar-refractivity contribution in [3.63, 3.8) is 0 Å². The molecule has 0 bridgehead atoms. The lowest BCUT2D eigenvalue weighted by Crippen LogP contribution is -2.43. The molecule has 1 N–H and O–H groups in total. The summed E-state index contributed by atoms with van der Waals surface area (Å²) >= 11 is 5.83. The zero-order chi connectivity index (χ0) is 13.0. The Labute approximate surface area is 113 Å². The van der Waals surface area contributed by atoms with Gasteiger partial charge in [0, 0.05) is 12.6 Å². The minimum atomic E-state index is 0.0158. The summed E-state index contributed by atoms with van der Waals surface area (Å²) in [6.45, 7) is 5.17. The summed E-state index contributed by atoms with van der Waals surface area (Å²) in [5.74, 6) is 0.746. The van der Waals surface area contributed by atoms with Gasteiger partial charge in [-0.2, -0.15) is 0 Å². The van der Waals surface area contributed by atoms with Crippen LogP contribution >= 0.6 is 11.6 Å². The predicted molar refractivity (Wildman–Crippen MR) is 73.0 cm³/mol. The molecule has 0 radical (unpaired) electrons. The highest BCUT2D eigenvalue weighted by molar-refractivity contribution is 6.29.